The molecule has 2 heteroatoms. The maximum atomic E-state index is 9.43. The zero-order chi connectivity index (χ0) is 11.8. The first-order valence-electron chi connectivity index (χ1n) is 6.87. The molecule has 0 aromatic rings. The highest BCUT2D eigenvalue weighted by Crippen LogP contribution is 2.38. The van der Waals surface area contributed by atoms with Crippen molar-refractivity contribution < 1.29 is 5.11 Å². The van der Waals surface area contributed by atoms with Crippen LogP contribution >= 0.6 is 0 Å². The Morgan fingerprint density at radius 2 is 1.75 bits per heavy atom. The van der Waals surface area contributed by atoms with Crippen LogP contribution in [0.15, 0.2) is 0 Å². The van der Waals surface area contributed by atoms with E-state index < -0.39 is 0 Å². The maximum absolute atomic E-state index is 9.43. The number of aliphatic hydroxyl groups excluding tert-OH is 1. The molecule has 1 N–H and O–H groups in total. The van der Waals surface area contributed by atoms with Gasteiger partial charge in [-0.15, -0.1) is 0 Å². The molecule has 2 unspecified atom stereocenters. The smallest absolute Gasteiger partial charge is 0.0474 e. The number of rotatable bonds is 2. The van der Waals surface area contributed by atoms with Crippen molar-refractivity contribution in [2.75, 3.05) is 19.7 Å². The summed E-state index contributed by atoms with van der Waals surface area (Å²) >= 11 is 0. The molecule has 16 heavy (non-hydrogen) atoms. The van der Waals surface area contributed by atoms with Crippen LogP contribution in [0.25, 0.3) is 0 Å². The third-order valence-electron chi connectivity index (χ3n) is 4.71. The third-order valence-corrected chi connectivity index (χ3v) is 4.71. The summed E-state index contributed by atoms with van der Waals surface area (Å²) in [5.74, 6) is 1.41. The molecule has 1 saturated heterocycles. The van der Waals surface area contributed by atoms with Crippen LogP contribution in [0.1, 0.15) is 46.5 Å². The monoisotopic (exact) mass is 225 g/mol. The molecule has 2 aliphatic rings. The minimum absolute atomic E-state index is 0.390. The summed E-state index contributed by atoms with van der Waals surface area (Å²) in [5, 5.41) is 9.43. The molecule has 1 aliphatic heterocycles. The lowest BCUT2D eigenvalue weighted by Gasteiger charge is -2.52. The Morgan fingerprint density at radius 1 is 1.12 bits per heavy atom. The molecule has 2 nitrogen and oxygen atoms in total. The van der Waals surface area contributed by atoms with Crippen LogP contribution in [0.3, 0.4) is 0 Å². The molecule has 2 fully saturated rings. The molecular weight excluding hydrogens is 198 g/mol. The highest BCUT2D eigenvalue weighted by atomic mass is 16.3. The molecule has 0 radical (unpaired) electrons. The summed E-state index contributed by atoms with van der Waals surface area (Å²) < 4.78 is 0. The predicted molar refractivity (Wildman–Crippen MR) is 67.3 cm³/mol. The Labute approximate surface area is 100 Å². The maximum Gasteiger partial charge on any atom is 0.0474 e. The van der Waals surface area contributed by atoms with E-state index in [-0.39, 0.29) is 0 Å². The quantitative estimate of drug-likeness (QED) is 0.780. The van der Waals surface area contributed by atoms with E-state index in [2.05, 4.69) is 25.7 Å². The lowest BCUT2D eigenvalue weighted by atomic mass is 9.73. The van der Waals surface area contributed by atoms with Gasteiger partial charge in [0.05, 0.1) is 0 Å². The Bertz CT molecular complexity index is 227. The lowest BCUT2D eigenvalue weighted by Crippen LogP contribution is -2.58. The first-order valence-corrected chi connectivity index (χ1v) is 6.87. The van der Waals surface area contributed by atoms with Crippen molar-refractivity contribution in [1.29, 1.82) is 0 Å². The van der Waals surface area contributed by atoms with Gasteiger partial charge < -0.3 is 5.11 Å². The second-order valence-corrected chi connectivity index (χ2v) is 6.81. The van der Waals surface area contributed by atoms with E-state index in [1.165, 1.54) is 38.8 Å². The molecule has 2 atom stereocenters. The van der Waals surface area contributed by atoms with Gasteiger partial charge in [0.2, 0.25) is 0 Å². The van der Waals surface area contributed by atoms with Crippen LogP contribution < -0.4 is 0 Å². The van der Waals surface area contributed by atoms with E-state index in [9.17, 15) is 5.11 Å². The molecule has 0 spiro atoms. The fraction of sp³-hybridized carbons (Fsp3) is 1.00. The Kier molecular flexibility index (Phi) is 3.60. The van der Waals surface area contributed by atoms with Crippen LogP contribution in [0, 0.1) is 17.3 Å². The summed E-state index contributed by atoms with van der Waals surface area (Å²) in [6.07, 6.45) is 5.22. The van der Waals surface area contributed by atoms with Crippen LogP contribution in [-0.2, 0) is 0 Å². The number of hydrogen-bond acceptors (Lipinski definition) is 2. The zero-order valence-corrected chi connectivity index (χ0v) is 11.1. The predicted octanol–water partition coefficient (Wildman–Crippen LogP) is 2.52. The van der Waals surface area contributed by atoms with E-state index >= 15 is 0 Å². The Hall–Kier alpha value is -0.0800. The molecule has 1 aliphatic carbocycles. The molecule has 94 valence electrons. The van der Waals surface area contributed by atoms with Crippen LogP contribution in [0.4, 0.5) is 0 Å². The van der Waals surface area contributed by atoms with Crippen molar-refractivity contribution in [2.45, 2.75) is 52.5 Å². The zero-order valence-electron chi connectivity index (χ0n) is 11.1. The molecule has 0 amide bonds. The average Bonchev–Trinajstić information content (AvgIpc) is 2.14. The Balaban J connectivity index is 1.86. The summed E-state index contributed by atoms with van der Waals surface area (Å²) in [5.41, 5.74) is 0.458. The molecule has 1 heterocycles. The van der Waals surface area contributed by atoms with Gasteiger partial charge in [-0.25, -0.2) is 0 Å². The number of aliphatic hydroxyl groups is 1. The van der Waals surface area contributed by atoms with Crippen LogP contribution in [-0.4, -0.2) is 35.7 Å². The Morgan fingerprint density at radius 3 is 2.31 bits per heavy atom. The van der Waals surface area contributed by atoms with Crippen molar-refractivity contribution >= 4 is 0 Å². The summed E-state index contributed by atoms with van der Waals surface area (Å²) in [4.78, 5) is 2.62. The van der Waals surface area contributed by atoms with E-state index in [1.54, 1.807) is 0 Å². The molecule has 2 rings (SSSR count). The van der Waals surface area contributed by atoms with Crippen LogP contribution in [0.5, 0.6) is 0 Å². The second kappa shape index (κ2) is 4.66. The van der Waals surface area contributed by atoms with Gasteiger partial charge in [0.1, 0.15) is 0 Å². The highest BCUT2D eigenvalue weighted by molar-refractivity contribution is 4.94. The van der Waals surface area contributed by atoms with E-state index in [0.29, 0.717) is 24.0 Å². The normalized spacial score (nSPS) is 33.8. The first kappa shape index (κ1) is 12.4. The molecule has 0 bridgehead atoms. The summed E-state index contributed by atoms with van der Waals surface area (Å²) in [6, 6.07) is 0.678. The topological polar surface area (TPSA) is 23.5 Å². The lowest BCUT2D eigenvalue weighted by molar-refractivity contribution is -0.0454. The molecule has 0 aromatic heterocycles. The van der Waals surface area contributed by atoms with E-state index in [4.69, 9.17) is 0 Å². The second-order valence-electron chi connectivity index (χ2n) is 6.81. The van der Waals surface area contributed by atoms with Crippen molar-refractivity contribution in [1.82, 2.24) is 4.90 Å². The summed E-state index contributed by atoms with van der Waals surface area (Å²) in [6.45, 7) is 9.94. The van der Waals surface area contributed by atoms with Gasteiger partial charge in [0.25, 0.3) is 0 Å². The largest absolute Gasteiger partial charge is 0.396 e. The van der Waals surface area contributed by atoms with Crippen LogP contribution in [0.2, 0.25) is 0 Å². The fourth-order valence-electron chi connectivity index (χ4n) is 3.21. The minimum Gasteiger partial charge on any atom is -0.396 e. The van der Waals surface area contributed by atoms with Gasteiger partial charge >= 0.3 is 0 Å². The van der Waals surface area contributed by atoms with Gasteiger partial charge in [0, 0.05) is 25.7 Å². The van der Waals surface area contributed by atoms with Gasteiger partial charge in [0.15, 0.2) is 0 Å². The first-order chi connectivity index (χ1) is 7.52. The average molecular weight is 225 g/mol. The van der Waals surface area contributed by atoms with Crippen molar-refractivity contribution in [3.8, 4) is 0 Å². The summed E-state index contributed by atoms with van der Waals surface area (Å²) in [7, 11) is 0. The molecule has 1 saturated carbocycles. The van der Waals surface area contributed by atoms with Gasteiger partial charge in [-0.3, -0.25) is 4.90 Å². The SMILES string of the molecule is CC(C)(C)C1CN(C2CCCCC2CO)C1. The third kappa shape index (κ3) is 2.43. The van der Waals surface area contributed by atoms with E-state index in [1.807, 2.05) is 0 Å². The van der Waals surface area contributed by atoms with Gasteiger partial charge in [-0.2, -0.15) is 0 Å². The van der Waals surface area contributed by atoms with Gasteiger partial charge in [-0.05, 0) is 30.1 Å². The number of likely N-dealkylation sites (tertiary alicyclic amines) is 1. The highest BCUT2D eigenvalue weighted by Gasteiger charge is 2.41. The molecule has 0 aromatic carbocycles. The number of hydrogen-bond donors (Lipinski definition) is 1. The fourth-order valence-corrected chi connectivity index (χ4v) is 3.21. The standard InChI is InChI=1S/C14H27NO/c1-14(2,3)12-8-15(9-12)13-7-5-4-6-11(13)10-16/h11-13,16H,4-10H2,1-3H3. The van der Waals surface area contributed by atoms with E-state index in [0.717, 1.165) is 5.92 Å². The van der Waals surface area contributed by atoms with Crippen molar-refractivity contribution in [3.05, 3.63) is 0 Å². The van der Waals surface area contributed by atoms with Crippen molar-refractivity contribution in [3.63, 3.8) is 0 Å². The molecular formula is C14H27NO. The minimum atomic E-state index is 0.390. The van der Waals surface area contributed by atoms with Gasteiger partial charge in [-0.1, -0.05) is 33.6 Å². The van der Waals surface area contributed by atoms with Crippen molar-refractivity contribution in [2.24, 2.45) is 17.3 Å². The number of nitrogens with zero attached hydrogens (tertiary/aromatic N) is 1.